The molecule has 0 unspecified atom stereocenters. The van der Waals surface area contributed by atoms with E-state index in [1.54, 1.807) is 6.33 Å². The van der Waals surface area contributed by atoms with Gasteiger partial charge in [0.25, 0.3) is 0 Å². The Bertz CT molecular complexity index is 560. The molecule has 2 aromatic heterocycles. The average molecular weight is 245 g/mol. The highest BCUT2D eigenvalue weighted by Crippen LogP contribution is 2.13. The summed E-state index contributed by atoms with van der Waals surface area (Å²) in [6.45, 7) is 0.668. The largest absolute Gasteiger partial charge is 0.375 e. The maximum atomic E-state index is 8.47. The van der Waals surface area contributed by atoms with Gasteiger partial charge >= 0.3 is 0 Å². The van der Waals surface area contributed by atoms with Gasteiger partial charge in [-0.25, -0.2) is 9.97 Å². The van der Waals surface area contributed by atoms with Crippen LogP contribution in [0.15, 0.2) is 17.9 Å². The number of nitrogens with zero attached hydrogens (tertiary/aromatic N) is 4. The lowest BCUT2D eigenvalue weighted by atomic mass is 10.3. The Morgan fingerprint density at radius 3 is 3.00 bits per heavy atom. The van der Waals surface area contributed by atoms with Gasteiger partial charge < -0.3 is 10.3 Å². The van der Waals surface area contributed by atoms with Crippen LogP contribution in [0, 0.1) is 11.3 Å². The number of hydrogen-bond donors (Lipinski definition) is 1. The lowest BCUT2D eigenvalue weighted by molar-refractivity contribution is 0.714. The fourth-order valence-electron chi connectivity index (χ4n) is 1.31. The molecule has 0 radical (unpaired) electrons. The van der Waals surface area contributed by atoms with Gasteiger partial charge in [0.2, 0.25) is 0 Å². The molecule has 0 fully saturated rings. The van der Waals surface area contributed by atoms with Crippen molar-refractivity contribution in [1.82, 2.24) is 14.5 Å². The van der Waals surface area contributed by atoms with Crippen LogP contribution >= 0.6 is 11.3 Å². The monoisotopic (exact) mass is 245 g/mol. The normalized spacial score (nSPS) is 10.8. The molecule has 0 atom stereocenters. The average Bonchev–Trinajstić information content (AvgIpc) is 2.93. The first kappa shape index (κ1) is 11.4. The van der Waals surface area contributed by atoms with Gasteiger partial charge in [0.1, 0.15) is 0 Å². The van der Waals surface area contributed by atoms with Crippen molar-refractivity contribution in [2.75, 3.05) is 5.73 Å². The predicted octanol–water partition coefficient (Wildman–Crippen LogP) is 2.01. The molecule has 0 amide bonds. The molecule has 2 aromatic rings. The van der Waals surface area contributed by atoms with Gasteiger partial charge in [0, 0.05) is 18.1 Å². The molecular weight excluding hydrogens is 234 g/mol. The summed E-state index contributed by atoms with van der Waals surface area (Å²) in [4.78, 5) is 8.32. The number of nitrogen functional groups attached to an aromatic ring is 1. The molecule has 2 heterocycles. The minimum atomic E-state index is 0.488. The van der Waals surface area contributed by atoms with Crippen molar-refractivity contribution in [3.63, 3.8) is 0 Å². The summed E-state index contributed by atoms with van der Waals surface area (Å²) in [7, 11) is 0. The lowest BCUT2D eigenvalue weighted by Gasteiger charge is -1.92. The number of anilines is 1. The number of nitrogens with two attached hydrogens (primary N) is 1. The van der Waals surface area contributed by atoms with E-state index >= 15 is 0 Å². The molecule has 2 N–H and O–H groups in total. The molecule has 6 heteroatoms. The van der Waals surface area contributed by atoms with Crippen LogP contribution in [-0.2, 0) is 6.54 Å². The zero-order valence-corrected chi connectivity index (χ0v) is 9.89. The smallest absolute Gasteiger partial charge is 0.180 e. The van der Waals surface area contributed by atoms with Crippen LogP contribution in [0.3, 0.4) is 0 Å². The molecule has 5 nitrogen and oxygen atoms in total. The van der Waals surface area contributed by atoms with Gasteiger partial charge in [-0.2, -0.15) is 5.26 Å². The first-order valence-corrected chi connectivity index (χ1v) is 5.93. The molecule has 0 saturated carbocycles. The third kappa shape index (κ3) is 3.16. The molecule has 17 heavy (non-hydrogen) atoms. The topological polar surface area (TPSA) is 80.5 Å². The Labute approximate surface area is 103 Å². The van der Waals surface area contributed by atoms with E-state index in [0.717, 1.165) is 11.4 Å². The van der Waals surface area contributed by atoms with Crippen molar-refractivity contribution in [3.8, 4) is 6.07 Å². The maximum absolute atomic E-state index is 8.47. The maximum Gasteiger partial charge on any atom is 0.180 e. The van der Waals surface area contributed by atoms with Gasteiger partial charge in [-0.3, -0.25) is 0 Å². The van der Waals surface area contributed by atoms with Crippen LogP contribution < -0.4 is 5.73 Å². The minimum absolute atomic E-state index is 0.488. The number of nitriles is 1. The molecule has 0 aliphatic carbocycles. The summed E-state index contributed by atoms with van der Waals surface area (Å²) in [5.74, 6) is 0. The molecule has 86 valence electrons. The second-order valence-electron chi connectivity index (χ2n) is 3.39. The minimum Gasteiger partial charge on any atom is -0.375 e. The van der Waals surface area contributed by atoms with E-state index in [1.807, 2.05) is 28.3 Å². The van der Waals surface area contributed by atoms with E-state index < -0.39 is 0 Å². The second-order valence-corrected chi connectivity index (χ2v) is 4.28. The van der Waals surface area contributed by atoms with E-state index in [-0.39, 0.29) is 0 Å². The van der Waals surface area contributed by atoms with Crippen molar-refractivity contribution >= 4 is 28.6 Å². The molecule has 0 spiro atoms. The summed E-state index contributed by atoms with van der Waals surface area (Å²) in [6, 6.07) is 2.10. The van der Waals surface area contributed by atoms with Crippen molar-refractivity contribution < 1.29 is 0 Å². The van der Waals surface area contributed by atoms with Gasteiger partial charge in [0.15, 0.2) is 5.13 Å². The van der Waals surface area contributed by atoms with E-state index in [0.29, 0.717) is 18.1 Å². The number of hydrogen-bond acceptors (Lipinski definition) is 5. The molecular formula is C11H11N5S. The van der Waals surface area contributed by atoms with E-state index in [2.05, 4.69) is 16.0 Å². The molecule has 0 bridgehead atoms. The second kappa shape index (κ2) is 5.27. The van der Waals surface area contributed by atoms with Crippen molar-refractivity contribution in [1.29, 1.82) is 5.26 Å². The molecule has 2 rings (SSSR count). The van der Waals surface area contributed by atoms with Crippen molar-refractivity contribution in [3.05, 3.63) is 29.3 Å². The number of aryl methyl sites for hydroxylation is 1. The fourth-order valence-corrected chi connectivity index (χ4v) is 1.84. The first-order valence-electron chi connectivity index (χ1n) is 5.06. The van der Waals surface area contributed by atoms with Crippen LogP contribution in [-0.4, -0.2) is 14.5 Å². The van der Waals surface area contributed by atoms with Gasteiger partial charge in [-0.15, -0.1) is 11.3 Å². The highest BCUT2D eigenvalue weighted by molar-refractivity contribution is 7.13. The van der Waals surface area contributed by atoms with Crippen LogP contribution in [0.5, 0.6) is 0 Å². The number of rotatable bonds is 4. The zero-order chi connectivity index (χ0) is 12.1. The molecule has 0 aliphatic heterocycles. The standard InChI is InChI=1S/C11H11N5S/c12-4-1-5-16-6-9(14-8-16)2-3-10-7-17-11(13)15-10/h2-3,6-8H,1,5H2,(H2,13,15). The van der Waals surface area contributed by atoms with Gasteiger partial charge in [-0.05, 0) is 12.2 Å². The lowest BCUT2D eigenvalue weighted by Crippen LogP contribution is -1.91. The highest BCUT2D eigenvalue weighted by Gasteiger charge is 1.96. The third-order valence-corrected chi connectivity index (χ3v) is 2.79. The van der Waals surface area contributed by atoms with Crippen LogP contribution in [0.25, 0.3) is 12.2 Å². The van der Waals surface area contributed by atoms with E-state index in [9.17, 15) is 0 Å². The SMILES string of the molecule is N#CCCn1cnc(C=Cc2csc(N)n2)c1. The Morgan fingerprint density at radius 2 is 2.29 bits per heavy atom. The number of thiazole rings is 1. The Kier molecular flexibility index (Phi) is 3.52. The summed E-state index contributed by atoms with van der Waals surface area (Å²) in [6.07, 6.45) is 7.83. The van der Waals surface area contributed by atoms with E-state index in [1.165, 1.54) is 11.3 Å². The number of aromatic nitrogens is 3. The van der Waals surface area contributed by atoms with Crippen LogP contribution in [0.1, 0.15) is 17.8 Å². The first-order chi connectivity index (χ1) is 8.28. The Balaban J connectivity index is 2.01. The number of imidazole rings is 1. The quantitative estimate of drug-likeness (QED) is 0.893. The predicted molar refractivity (Wildman–Crippen MR) is 67.9 cm³/mol. The summed E-state index contributed by atoms with van der Waals surface area (Å²) in [5, 5.41) is 10.9. The van der Waals surface area contributed by atoms with E-state index in [4.69, 9.17) is 11.0 Å². The Hall–Kier alpha value is -2.13. The molecule has 0 saturated heterocycles. The zero-order valence-electron chi connectivity index (χ0n) is 9.08. The summed E-state index contributed by atoms with van der Waals surface area (Å²) >= 11 is 1.41. The highest BCUT2D eigenvalue weighted by atomic mass is 32.1. The fraction of sp³-hybridized carbons (Fsp3) is 0.182. The van der Waals surface area contributed by atoms with Gasteiger partial charge in [-0.1, -0.05) is 0 Å². The van der Waals surface area contributed by atoms with Crippen molar-refractivity contribution in [2.45, 2.75) is 13.0 Å². The van der Waals surface area contributed by atoms with Gasteiger partial charge in [0.05, 0.1) is 30.2 Å². The summed E-state index contributed by atoms with van der Waals surface area (Å²) < 4.78 is 1.89. The molecule has 0 aliphatic rings. The van der Waals surface area contributed by atoms with Crippen molar-refractivity contribution in [2.24, 2.45) is 0 Å². The summed E-state index contributed by atoms with van der Waals surface area (Å²) in [5.41, 5.74) is 7.20. The third-order valence-electron chi connectivity index (χ3n) is 2.10. The Morgan fingerprint density at radius 1 is 1.47 bits per heavy atom. The van der Waals surface area contributed by atoms with Crippen LogP contribution in [0.2, 0.25) is 0 Å². The van der Waals surface area contributed by atoms with Crippen LogP contribution in [0.4, 0.5) is 5.13 Å². The molecule has 0 aromatic carbocycles.